The fourth-order valence-electron chi connectivity index (χ4n) is 1.42. The fraction of sp³-hybridized carbons (Fsp3) is 0.333. The summed E-state index contributed by atoms with van der Waals surface area (Å²) >= 11 is 0. The van der Waals surface area contributed by atoms with Crippen LogP contribution < -0.4 is 14.8 Å². The van der Waals surface area contributed by atoms with Gasteiger partial charge in [0.15, 0.2) is 11.5 Å². The third-order valence-corrected chi connectivity index (χ3v) is 2.47. The number of esters is 1. The van der Waals surface area contributed by atoms with Crippen LogP contribution in [0, 0.1) is 6.92 Å². The number of amides is 1. The Hall–Kier alpha value is -2.50. The van der Waals surface area contributed by atoms with Gasteiger partial charge in [-0.3, -0.25) is 0 Å². The molecule has 1 aromatic rings. The summed E-state index contributed by atoms with van der Waals surface area (Å²) in [6, 6.07) is 5.21. The van der Waals surface area contributed by atoms with Gasteiger partial charge < -0.3 is 19.5 Å². The Morgan fingerprint density at radius 3 is 2.62 bits per heavy atom. The van der Waals surface area contributed by atoms with Gasteiger partial charge in [0.05, 0.1) is 13.7 Å². The van der Waals surface area contributed by atoms with Gasteiger partial charge in [0.2, 0.25) is 0 Å². The molecule has 0 radical (unpaired) electrons. The van der Waals surface area contributed by atoms with Crippen LogP contribution in [0.4, 0.5) is 4.79 Å². The molecule has 0 aromatic heterocycles. The average Bonchev–Trinajstić information content (AvgIpc) is 2.45. The molecule has 1 aromatic carbocycles. The van der Waals surface area contributed by atoms with Gasteiger partial charge in [-0.05, 0) is 31.5 Å². The highest BCUT2D eigenvalue weighted by atomic mass is 16.6. The second-order valence-corrected chi connectivity index (χ2v) is 4.39. The Bertz CT molecular complexity index is 539. The van der Waals surface area contributed by atoms with Crippen LogP contribution in [0.1, 0.15) is 12.5 Å². The summed E-state index contributed by atoms with van der Waals surface area (Å²) in [5.74, 6) is 0.295. The minimum Gasteiger partial charge on any atom is -0.493 e. The number of rotatable bonds is 6. The number of carbonyl (C=O) groups excluding carboxylic acids is 2. The molecule has 0 saturated heterocycles. The van der Waals surface area contributed by atoms with E-state index >= 15 is 0 Å². The maximum atomic E-state index is 11.6. The monoisotopic (exact) mass is 293 g/mol. The lowest BCUT2D eigenvalue weighted by atomic mass is 10.2. The van der Waals surface area contributed by atoms with Gasteiger partial charge in [-0.25, -0.2) is 9.59 Å². The fourth-order valence-corrected chi connectivity index (χ4v) is 1.42. The highest BCUT2D eigenvalue weighted by Crippen LogP contribution is 2.27. The van der Waals surface area contributed by atoms with Gasteiger partial charge in [-0.2, -0.15) is 0 Å². The van der Waals surface area contributed by atoms with Crippen LogP contribution in [0.2, 0.25) is 0 Å². The second kappa shape index (κ2) is 7.94. The summed E-state index contributed by atoms with van der Waals surface area (Å²) in [6.45, 7) is 7.10. The largest absolute Gasteiger partial charge is 0.493 e. The molecule has 0 saturated carbocycles. The molecule has 0 atom stereocenters. The number of hydrogen-bond acceptors (Lipinski definition) is 5. The van der Waals surface area contributed by atoms with Crippen molar-refractivity contribution in [3.63, 3.8) is 0 Å². The standard InChI is InChI=1S/C15H19NO5/c1-10(2)14(17)20-8-7-16-15(18)21-12-6-5-11(3)9-13(12)19-4/h5-6,9H,1,7-8H2,2-4H3,(H,16,18). The molecule has 0 spiro atoms. The van der Waals surface area contributed by atoms with Gasteiger partial charge in [0, 0.05) is 5.57 Å². The third kappa shape index (κ3) is 5.56. The van der Waals surface area contributed by atoms with Crippen molar-refractivity contribution in [2.24, 2.45) is 0 Å². The highest BCUT2D eigenvalue weighted by molar-refractivity contribution is 5.86. The SMILES string of the molecule is C=C(C)C(=O)OCCNC(=O)Oc1ccc(C)cc1OC. The Morgan fingerprint density at radius 2 is 2.00 bits per heavy atom. The molecular weight excluding hydrogens is 274 g/mol. The van der Waals surface area contributed by atoms with E-state index in [0.29, 0.717) is 17.1 Å². The summed E-state index contributed by atoms with van der Waals surface area (Å²) in [5.41, 5.74) is 1.30. The molecule has 6 heteroatoms. The lowest BCUT2D eigenvalue weighted by Gasteiger charge is -2.10. The van der Waals surface area contributed by atoms with Crippen molar-refractivity contribution in [1.29, 1.82) is 0 Å². The van der Waals surface area contributed by atoms with E-state index in [9.17, 15) is 9.59 Å². The number of methoxy groups -OCH3 is 1. The molecule has 0 aliphatic rings. The molecular formula is C15H19NO5. The van der Waals surface area contributed by atoms with Gasteiger partial charge in [-0.1, -0.05) is 12.6 Å². The quantitative estimate of drug-likeness (QED) is 0.494. The summed E-state index contributed by atoms with van der Waals surface area (Å²) in [7, 11) is 1.50. The number of nitrogens with one attached hydrogen (secondary N) is 1. The predicted molar refractivity (Wildman–Crippen MR) is 77.5 cm³/mol. The maximum Gasteiger partial charge on any atom is 0.412 e. The second-order valence-electron chi connectivity index (χ2n) is 4.39. The van der Waals surface area contributed by atoms with Crippen molar-refractivity contribution in [3.8, 4) is 11.5 Å². The molecule has 0 heterocycles. The zero-order chi connectivity index (χ0) is 15.8. The smallest absolute Gasteiger partial charge is 0.412 e. The number of aryl methyl sites for hydroxylation is 1. The Morgan fingerprint density at radius 1 is 1.29 bits per heavy atom. The summed E-state index contributed by atoms with van der Waals surface area (Å²) in [5, 5.41) is 2.47. The lowest BCUT2D eigenvalue weighted by molar-refractivity contribution is -0.138. The van der Waals surface area contributed by atoms with Crippen molar-refractivity contribution in [2.45, 2.75) is 13.8 Å². The summed E-state index contributed by atoms with van der Waals surface area (Å²) < 4.78 is 15.1. The van der Waals surface area contributed by atoms with Gasteiger partial charge in [0.1, 0.15) is 6.61 Å². The summed E-state index contributed by atoms with van der Waals surface area (Å²) in [4.78, 5) is 22.7. The third-order valence-electron chi connectivity index (χ3n) is 2.47. The zero-order valence-electron chi connectivity index (χ0n) is 12.4. The van der Waals surface area contributed by atoms with Gasteiger partial charge in [-0.15, -0.1) is 0 Å². The van der Waals surface area contributed by atoms with E-state index in [1.807, 2.05) is 6.92 Å². The lowest BCUT2D eigenvalue weighted by Crippen LogP contribution is -2.30. The van der Waals surface area contributed by atoms with E-state index in [4.69, 9.17) is 14.2 Å². The normalized spacial score (nSPS) is 9.67. The number of carbonyl (C=O) groups is 2. The van der Waals surface area contributed by atoms with Crippen LogP contribution in [0.15, 0.2) is 30.4 Å². The molecule has 0 unspecified atom stereocenters. The van der Waals surface area contributed by atoms with E-state index in [0.717, 1.165) is 5.56 Å². The van der Waals surface area contributed by atoms with Gasteiger partial charge >= 0.3 is 12.1 Å². The summed E-state index contributed by atoms with van der Waals surface area (Å²) in [6.07, 6.45) is -0.650. The van der Waals surface area contributed by atoms with Gasteiger partial charge in [0.25, 0.3) is 0 Å². The van der Waals surface area contributed by atoms with E-state index < -0.39 is 12.1 Å². The molecule has 0 aliphatic heterocycles. The Kier molecular flexibility index (Phi) is 6.26. The number of ether oxygens (including phenoxy) is 3. The van der Waals surface area contributed by atoms with Crippen molar-refractivity contribution >= 4 is 12.1 Å². The first-order valence-corrected chi connectivity index (χ1v) is 6.37. The predicted octanol–water partition coefficient (Wildman–Crippen LogP) is 2.21. The van der Waals surface area contributed by atoms with E-state index in [1.165, 1.54) is 7.11 Å². The minimum absolute atomic E-state index is 0.0474. The van der Waals surface area contributed by atoms with Crippen LogP contribution in [0.25, 0.3) is 0 Å². The molecule has 0 aliphatic carbocycles. The topological polar surface area (TPSA) is 73.9 Å². The van der Waals surface area contributed by atoms with Crippen LogP contribution in [0.5, 0.6) is 11.5 Å². The Balaban J connectivity index is 2.41. The molecule has 114 valence electrons. The molecule has 1 N–H and O–H groups in total. The van der Waals surface area contributed by atoms with Crippen molar-refractivity contribution in [2.75, 3.05) is 20.3 Å². The number of hydrogen-bond donors (Lipinski definition) is 1. The van der Waals surface area contributed by atoms with Crippen LogP contribution in [-0.2, 0) is 9.53 Å². The van der Waals surface area contributed by atoms with Crippen molar-refractivity contribution in [3.05, 3.63) is 35.9 Å². The van der Waals surface area contributed by atoms with E-state index in [-0.39, 0.29) is 13.2 Å². The minimum atomic E-state index is -0.650. The molecule has 21 heavy (non-hydrogen) atoms. The van der Waals surface area contributed by atoms with E-state index in [1.54, 1.807) is 25.1 Å². The highest BCUT2D eigenvalue weighted by Gasteiger charge is 2.10. The molecule has 0 bridgehead atoms. The maximum absolute atomic E-state index is 11.6. The first-order valence-electron chi connectivity index (χ1n) is 6.37. The number of benzene rings is 1. The van der Waals surface area contributed by atoms with E-state index in [2.05, 4.69) is 11.9 Å². The first kappa shape index (κ1) is 16.6. The molecule has 1 amide bonds. The molecule has 1 rings (SSSR count). The van der Waals surface area contributed by atoms with Crippen molar-refractivity contribution in [1.82, 2.24) is 5.32 Å². The molecule has 0 fully saturated rings. The van der Waals surface area contributed by atoms with Crippen molar-refractivity contribution < 1.29 is 23.8 Å². The first-order chi connectivity index (χ1) is 9.93. The zero-order valence-corrected chi connectivity index (χ0v) is 12.4. The Labute approximate surface area is 123 Å². The average molecular weight is 293 g/mol. The van der Waals surface area contributed by atoms with Crippen LogP contribution in [0.3, 0.4) is 0 Å². The van der Waals surface area contributed by atoms with Crippen LogP contribution >= 0.6 is 0 Å². The van der Waals surface area contributed by atoms with Crippen LogP contribution in [-0.4, -0.2) is 32.3 Å². The molecule has 6 nitrogen and oxygen atoms in total.